The quantitative estimate of drug-likeness (QED) is 0.609. The second-order valence-electron chi connectivity index (χ2n) is 6.86. The largest absolute Gasteiger partial charge is 0.334 e. The van der Waals surface area contributed by atoms with E-state index in [1.807, 2.05) is 13.0 Å². The summed E-state index contributed by atoms with van der Waals surface area (Å²) < 4.78 is 0. The highest BCUT2D eigenvalue weighted by Crippen LogP contribution is 2.29. The number of fused-ring (bicyclic) bond motifs is 2. The van der Waals surface area contributed by atoms with Gasteiger partial charge in [-0.2, -0.15) is 0 Å². The molecular formula is C19H25N3O3. The van der Waals surface area contributed by atoms with Crippen molar-refractivity contribution < 1.29 is 9.72 Å². The van der Waals surface area contributed by atoms with Crippen molar-refractivity contribution >= 4 is 17.7 Å². The van der Waals surface area contributed by atoms with Crippen molar-refractivity contribution in [2.24, 2.45) is 0 Å². The lowest BCUT2D eigenvalue weighted by Gasteiger charge is -2.50. The Bertz CT molecular complexity index is 642. The summed E-state index contributed by atoms with van der Waals surface area (Å²) >= 11 is 0. The van der Waals surface area contributed by atoms with Gasteiger partial charge in [0.15, 0.2) is 0 Å². The fourth-order valence-electron chi connectivity index (χ4n) is 3.98. The van der Waals surface area contributed by atoms with Crippen molar-refractivity contribution in [3.63, 3.8) is 0 Å². The molecule has 0 saturated carbocycles. The number of nitrogens with zero attached hydrogens (tertiary/aromatic N) is 3. The minimum atomic E-state index is -0.386. The third-order valence-corrected chi connectivity index (χ3v) is 5.17. The number of hydrogen-bond acceptors (Lipinski definition) is 4. The maximum absolute atomic E-state index is 12.2. The summed E-state index contributed by atoms with van der Waals surface area (Å²) in [6.07, 6.45) is 8.12. The van der Waals surface area contributed by atoms with Gasteiger partial charge in [-0.1, -0.05) is 19.1 Å². The van der Waals surface area contributed by atoms with Gasteiger partial charge in [-0.15, -0.1) is 0 Å². The van der Waals surface area contributed by atoms with Crippen LogP contribution in [0.4, 0.5) is 5.69 Å². The van der Waals surface area contributed by atoms with E-state index >= 15 is 0 Å². The van der Waals surface area contributed by atoms with Gasteiger partial charge in [0.25, 0.3) is 5.69 Å². The Morgan fingerprint density at radius 1 is 1.24 bits per heavy atom. The molecule has 2 heterocycles. The first-order valence-electron chi connectivity index (χ1n) is 9.03. The summed E-state index contributed by atoms with van der Waals surface area (Å²) in [5, 5.41) is 10.7. The minimum Gasteiger partial charge on any atom is -0.334 e. The van der Waals surface area contributed by atoms with E-state index in [9.17, 15) is 14.9 Å². The first kappa shape index (κ1) is 17.6. The maximum Gasteiger partial charge on any atom is 0.269 e. The summed E-state index contributed by atoms with van der Waals surface area (Å²) in [7, 11) is 0. The standard InChI is InChI=1S/C19H25N3O3/c1-2-19(23)21-17-6-3-7-18(21)14-20(13-17)12-4-5-15-8-10-16(11-9-15)22(24)25/h4-5,8-11,17-18H,2-3,6-7,12-14H2,1H3/b5-4+. The van der Waals surface area contributed by atoms with Gasteiger partial charge in [0, 0.05) is 50.3 Å². The number of hydrogen-bond donors (Lipinski definition) is 0. The number of amides is 1. The fourth-order valence-corrected chi connectivity index (χ4v) is 3.98. The molecule has 0 aliphatic carbocycles. The van der Waals surface area contributed by atoms with E-state index in [0.717, 1.165) is 38.0 Å². The van der Waals surface area contributed by atoms with Gasteiger partial charge in [-0.05, 0) is 37.0 Å². The Morgan fingerprint density at radius 3 is 2.44 bits per heavy atom. The number of nitro groups is 1. The first-order valence-corrected chi connectivity index (χ1v) is 9.03. The zero-order valence-corrected chi connectivity index (χ0v) is 14.6. The number of piperazine rings is 1. The molecule has 2 saturated heterocycles. The van der Waals surface area contributed by atoms with E-state index in [4.69, 9.17) is 0 Å². The molecule has 6 nitrogen and oxygen atoms in total. The zero-order chi connectivity index (χ0) is 17.8. The van der Waals surface area contributed by atoms with Gasteiger partial charge >= 0.3 is 0 Å². The molecule has 2 bridgehead atoms. The predicted octanol–water partition coefficient (Wildman–Crippen LogP) is 3.08. The number of carbonyl (C=O) groups is 1. The molecule has 1 aromatic rings. The van der Waals surface area contributed by atoms with Crippen LogP contribution in [0.25, 0.3) is 6.08 Å². The highest BCUT2D eigenvalue weighted by molar-refractivity contribution is 5.76. The first-order chi connectivity index (χ1) is 12.1. The highest BCUT2D eigenvalue weighted by atomic mass is 16.6. The number of carbonyl (C=O) groups excluding carboxylic acids is 1. The maximum atomic E-state index is 12.2. The van der Waals surface area contributed by atoms with Crippen molar-refractivity contribution in [2.45, 2.75) is 44.7 Å². The van der Waals surface area contributed by atoms with Crippen molar-refractivity contribution in [1.29, 1.82) is 0 Å². The van der Waals surface area contributed by atoms with Crippen LogP contribution < -0.4 is 0 Å². The number of rotatable bonds is 5. The van der Waals surface area contributed by atoms with Gasteiger partial charge < -0.3 is 4.90 Å². The molecule has 1 aromatic carbocycles. The van der Waals surface area contributed by atoms with Crippen LogP contribution in [-0.4, -0.2) is 52.3 Å². The van der Waals surface area contributed by atoms with Gasteiger partial charge in [0.05, 0.1) is 4.92 Å². The molecule has 6 heteroatoms. The third-order valence-electron chi connectivity index (χ3n) is 5.17. The van der Waals surface area contributed by atoms with Gasteiger partial charge in [0.2, 0.25) is 5.91 Å². The Kier molecular flexibility index (Phi) is 5.48. The molecule has 134 valence electrons. The molecule has 2 atom stereocenters. The van der Waals surface area contributed by atoms with E-state index < -0.39 is 0 Å². The molecule has 2 fully saturated rings. The minimum absolute atomic E-state index is 0.113. The Hall–Kier alpha value is -2.21. The van der Waals surface area contributed by atoms with Crippen LogP contribution in [0.3, 0.4) is 0 Å². The summed E-state index contributed by atoms with van der Waals surface area (Å²) in [5.41, 5.74) is 1.08. The summed E-state index contributed by atoms with van der Waals surface area (Å²) in [6, 6.07) is 7.29. The Morgan fingerprint density at radius 2 is 1.88 bits per heavy atom. The Labute approximate surface area is 148 Å². The molecule has 0 radical (unpaired) electrons. The molecule has 0 spiro atoms. The molecule has 2 aliphatic rings. The predicted molar refractivity (Wildman–Crippen MR) is 97.1 cm³/mol. The highest BCUT2D eigenvalue weighted by Gasteiger charge is 2.38. The van der Waals surface area contributed by atoms with Crippen LogP contribution in [0, 0.1) is 10.1 Å². The number of likely N-dealkylation sites (tertiary alicyclic amines) is 1. The smallest absolute Gasteiger partial charge is 0.269 e. The molecule has 0 N–H and O–H groups in total. The molecule has 3 rings (SSSR count). The third kappa shape index (κ3) is 4.07. The van der Waals surface area contributed by atoms with Crippen molar-refractivity contribution in [2.75, 3.05) is 19.6 Å². The van der Waals surface area contributed by atoms with E-state index in [1.165, 1.54) is 18.6 Å². The monoisotopic (exact) mass is 343 g/mol. The van der Waals surface area contributed by atoms with Crippen LogP contribution in [0.5, 0.6) is 0 Å². The average molecular weight is 343 g/mol. The molecule has 1 amide bonds. The molecule has 2 unspecified atom stereocenters. The zero-order valence-electron chi connectivity index (χ0n) is 14.6. The number of nitro benzene ring substituents is 1. The summed E-state index contributed by atoms with van der Waals surface area (Å²) in [4.78, 5) is 27.1. The van der Waals surface area contributed by atoms with Gasteiger partial charge in [0.1, 0.15) is 0 Å². The normalized spacial score (nSPS) is 23.8. The van der Waals surface area contributed by atoms with E-state index in [-0.39, 0.29) is 16.5 Å². The van der Waals surface area contributed by atoms with Crippen LogP contribution in [-0.2, 0) is 4.79 Å². The topological polar surface area (TPSA) is 66.7 Å². The Balaban J connectivity index is 1.57. The van der Waals surface area contributed by atoms with Crippen LogP contribution in [0.2, 0.25) is 0 Å². The average Bonchev–Trinajstić information content (AvgIpc) is 2.60. The fraction of sp³-hybridized carbons (Fsp3) is 0.526. The lowest BCUT2D eigenvalue weighted by molar-refractivity contribution is -0.384. The molecular weight excluding hydrogens is 318 g/mol. The molecule has 0 aromatic heterocycles. The van der Waals surface area contributed by atoms with E-state index in [0.29, 0.717) is 18.5 Å². The second-order valence-corrected chi connectivity index (χ2v) is 6.86. The van der Waals surface area contributed by atoms with Gasteiger partial charge in [-0.25, -0.2) is 0 Å². The number of non-ortho nitro benzene ring substituents is 1. The summed E-state index contributed by atoms with van der Waals surface area (Å²) in [5.74, 6) is 0.288. The SMILES string of the molecule is CCC(=O)N1C2CCCC1CN(C/C=C/c1ccc([N+](=O)[O-])cc1)C2. The van der Waals surface area contributed by atoms with Crippen LogP contribution >= 0.6 is 0 Å². The van der Waals surface area contributed by atoms with Crippen LogP contribution in [0.15, 0.2) is 30.3 Å². The lowest BCUT2D eigenvalue weighted by Crippen LogP contribution is -2.62. The van der Waals surface area contributed by atoms with Crippen LogP contribution in [0.1, 0.15) is 38.2 Å². The van der Waals surface area contributed by atoms with Gasteiger partial charge in [-0.3, -0.25) is 19.8 Å². The van der Waals surface area contributed by atoms with E-state index in [2.05, 4.69) is 15.9 Å². The lowest BCUT2D eigenvalue weighted by atomic mass is 9.91. The summed E-state index contributed by atoms with van der Waals surface area (Å²) in [6.45, 7) is 4.66. The van der Waals surface area contributed by atoms with Crippen molar-refractivity contribution in [3.05, 3.63) is 46.0 Å². The van der Waals surface area contributed by atoms with Crippen molar-refractivity contribution in [3.8, 4) is 0 Å². The number of piperidine rings is 1. The second kappa shape index (κ2) is 7.78. The number of benzene rings is 1. The van der Waals surface area contributed by atoms with E-state index in [1.54, 1.807) is 12.1 Å². The van der Waals surface area contributed by atoms with Crippen molar-refractivity contribution in [1.82, 2.24) is 9.80 Å². The molecule has 25 heavy (non-hydrogen) atoms. The molecule has 2 aliphatic heterocycles.